The van der Waals surface area contributed by atoms with E-state index in [4.69, 9.17) is 32.5 Å². The molecule has 2 aromatic carbocycles. The summed E-state index contributed by atoms with van der Waals surface area (Å²) in [5.41, 5.74) is 12.9. The maximum absolute atomic E-state index is 5.89. The lowest BCUT2D eigenvalue weighted by Gasteiger charge is -2.12. The van der Waals surface area contributed by atoms with Crippen LogP contribution in [-0.4, -0.2) is 22.1 Å². The highest BCUT2D eigenvalue weighted by molar-refractivity contribution is 6.30. The molecule has 0 unspecified atom stereocenters. The summed E-state index contributed by atoms with van der Waals surface area (Å²) < 4.78 is 11.2. The predicted octanol–water partition coefficient (Wildman–Crippen LogP) is 2.94. The second-order valence-electron chi connectivity index (χ2n) is 5.16. The van der Waals surface area contributed by atoms with Crippen LogP contribution in [0.25, 0.3) is 11.4 Å². The first-order valence-electron chi connectivity index (χ1n) is 7.38. The van der Waals surface area contributed by atoms with Gasteiger partial charge in [0, 0.05) is 10.6 Å². The minimum absolute atomic E-state index is 0.0574. The SMILES string of the molecule is COc1ccc(-c2nc(N)nc(N)n2)cc1OCc1ccc(Cl)cc1. The lowest BCUT2D eigenvalue weighted by atomic mass is 10.2. The number of nitrogen functional groups attached to an aromatic ring is 2. The molecule has 1 heterocycles. The predicted molar refractivity (Wildman–Crippen MR) is 96.4 cm³/mol. The van der Waals surface area contributed by atoms with E-state index in [1.165, 1.54) is 0 Å². The first-order valence-corrected chi connectivity index (χ1v) is 7.75. The Hall–Kier alpha value is -3.06. The molecular formula is C17H16ClN5O2. The van der Waals surface area contributed by atoms with Gasteiger partial charge >= 0.3 is 0 Å². The van der Waals surface area contributed by atoms with Crippen molar-refractivity contribution in [1.29, 1.82) is 0 Å². The third-order valence-corrected chi connectivity index (χ3v) is 3.65. The van der Waals surface area contributed by atoms with Gasteiger partial charge in [-0.15, -0.1) is 0 Å². The fraction of sp³-hybridized carbons (Fsp3) is 0.118. The summed E-state index contributed by atoms with van der Waals surface area (Å²) in [6, 6.07) is 12.7. The molecule has 0 bridgehead atoms. The van der Waals surface area contributed by atoms with E-state index >= 15 is 0 Å². The molecule has 25 heavy (non-hydrogen) atoms. The van der Waals surface area contributed by atoms with E-state index in [2.05, 4.69) is 15.0 Å². The molecule has 0 aliphatic carbocycles. The van der Waals surface area contributed by atoms with Crippen molar-refractivity contribution >= 4 is 23.5 Å². The zero-order valence-corrected chi connectivity index (χ0v) is 14.2. The van der Waals surface area contributed by atoms with E-state index in [-0.39, 0.29) is 11.9 Å². The number of anilines is 2. The average molecular weight is 358 g/mol. The van der Waals surface area contributed by atoms with Crippen LogP contribution < -0.4 is 20.9 Å². The molecule has 0 spiro atoms. The fourth-order valence-corrected chi connectivity index (χ4v) is 2.33. The fourth-order valence-electron chi connectivity index (χ4n) is 2.21. The van der Waals surface area contributed by atoms with Crippen molar-refractivity contribution in [2.24, 2.45) is 0 Å². The normalized spacial score (nSPS) is 10.5. The van der Waals surface area contributed by atoms with Gasteiger partial charge in [-0.2, -0.15) is 15.0 Å². The third kappa shape index (κ3) is 4.07. The van der Waals surface area contributed by atoms with Gasteiger partial charge in [-0.1, -0.05) is 23.7 Å². The number of nitrogens with two attached hydrogens (primary N) is 2. The van der Waals surface area contributed by atoms with Gasteiger partial charge in [0.1, 0.15) is 6.61 Å². The van der Waals surface area contributed by atoms with Crippen LogP contribution >= 0.6 is 11.6 Å². The number of benzene rings is 2. The highest BCUT2D eigenvalue weighted by atomic mass is 35.5. The second kappa shape index (κ2) is 7.23. The first-order chi connectivity index (χ1) is 12.0. The van der Waals surface area contributed by atoms with Crippen LogP contribution in [0.15, 0.2) is 42.5 Å². The van der Waals surface area contributed by atoms with Crippen LogP contribution in [0.5, 0.6) is 11.5 Å². The lowest BCUT2D eigenvalue weighted by Crippen LogP contribution is -2.04. The van der Waals surface area contributed by atoms with Crippen molar-refractivity contribution in [1.82, 2.24) is 15.0 Å². The van der Waals surface area contributed by atoms with E-state index in [0.29, 0.717) is 34.5 Å². The van der Waals surface area contributed by atoms with Crippen LogP contribution in [0.1, 0.15) is 5.56 Å². The van der Waals surface area contributed by atoms with Crippen LogP contribution in [0, 0.1) is 0 Å². The number of rotatable bonds is 5. The number of aromatic nitrogens is 3. The maximum atomic E-state index is 5.89. The van der Waals surface area contributed by atoms with Crippen LogP contribution in [-0.2, 0) is 6.61 Å². The van der Waals surface area contributed by atoms with Gasteiger partial charge in [0.25, 0.3) is 0 Å². The van der Waals surface area contributed by atoms with E-state index < -0.39 is 0 Å². The minimum Gasteiger partial charge on any atom is -0.493 e. The Kier molecular flexibility index (Phi) is 4.85. The Balaban J connectivity index is 1.88. The van der Waals surface area contributed by atoms with Gasteiger partial charge in [0.15, 0.2) is 17.3 Å². The molecule has 0 aliphatic rings. The zero-order valence-electron chi connectivity index (χ0n) is 13.4. The summed E-state index contributed by atoms with van der Waals surface area (Å²) in [6.45, 7) is 0.360. The molecule has 0 radical (unpaired) electrons. The molecule has 0 amide bonds. The molecule has 0 atom stereocenters. The summed E-state index contributed by atoms with van der Waals surface area (Å²) in [4.78, 5) is 12.0. The number of ether oxygens (including phenoxy) is 2. The monoisotopic (exact) mass is 357 g/mol. The molecule has 0 saturated carbocycles. The quantitative estimate of drug-likeness (QED) is 0.722. The van der Waals surface area contributed by atoms with Crippen molar-refractivity contribution in [3.63, 3.8) is 0 Å². The number of methoxy groups -OCH3 is 1. The summed E-state index contributed by atoms with van der Waals surface area (Å²) in [5.74, 6) is 1.62. The number of hydrogen-bond acceptors (Lipinski definition) is 7. The third-order valence-electron chi connectivity index (χ3n) is 3.40. The van der Waals surface area contributed by atoms with Gasteiger partial charge in [0.05, 0.1) is 7.11 Å². The Bertz CT molecular complexity index is 866. The molecular weight excluding hydrogens is 342 g/mol. The highest BCUT2D eigenvalue weighted by Gasteiger charge is 2.11. The van der Waals surface area contributed by atoms with Crippen molar-refractivity contribution in [3.8, 4) is 22.9 Å². The van der Waals surface area contributed by atoms with Crippen molar-refractivity contribution in [2.75, 3.05) is 18.6 Å². The molecule has 0 fully saturated rings. The Morgan fingerprint density at radius 1 is 0.920 bits per heavy atom. The van der Waals surface area contributed by atoms with Crippen LogP contribution in [0.2, 0.25) is 5.02 Å². The Morgan fingerprint density at radius 2 is 1.60 bits per heavy atom. The zero-order chi connectivity index (χ0) is 17.8. The molecule has 8 heteroatoms. The minimum atomic E-state index is 0.0574. The van der Waals surface area contributed by atoms with Crippen LogP contribution in [0.4, 0.5) is 11.9 Å². The highest BCUT2D eigenvalue weighted by Crippen LogP contribution is 2.32. The van der Waals surface area contributed by atoms with E-state index in [0.717, 1.165) is 5.56 Å². The lowest BCUT2D eigenvalue weighted by molar-refractivity contribution is 0.284. The maximum Gasteiger partial charge on any atom is 0.225 e. The van der Waals surface area contributed by atoms with E-state index in [9.17, 15) is 0 Å². The smallest absolute Gasteiger partial charge is 0.225 e. The van der Waals surface area contributed by atoms with Crippen molar-refractivity contribution in [3.05, 3.63) is 53.1 Å². The molecule has 0 aliphatic heterocycles. The Morgan fingerprint density at radius 3 is 2.24 bits per heavy atom. The molecule has 3 rings (SSSR count). The molecule has 128 valence electrons. The van der Waals surface area contributed by atoms with Gasteiger partial charge in [-0.05, 0) is 35.9 Å². The summed E-state index contributed by atoms with van der Waals surface area (Å²) >= 11 is 5.89. The summed E-state index contributed by atoms with van der Waals surface area (Å²) in [6.07, 6.45) is 0. The average Bonchev–Trinajstić information content (AvgIpc) is 2.60. The van der Waals surface area contributed by atoms with E-state index in [1.807, 2.05) is 24.3 Å². The first kappa shape index (κ1) is 16.8. The van der Waals surface area contributed by atoms with Crippen molar-refractivity contribution < 1.29 is 9.47 Å². The largest absolute Gasteiger partial charge is 0.493 e. The molecule has 1 aromatic heterocycles. The van der Waals surface area contributed by atoms with Gasteiger partial charge in [0.2, 0.25) is 11.9 Å². The molecule has 7 nitrogen and oxygen atoms in total. The Labute approximate surface area is 149 Å². The summed E-state index contributed by atoms with van der Waals surface area (Å²) in [5, 5.41) is 0.674. The standard InChI is InChI=1S/C17H16ClN5O2/c1-24-13-7-4-11(15-21-16(19)23-17(20)22-15)8-14(13)25-9-10-2-5-12(18)6-3-10/h2-8H,9H2,1H3,(H4,19,20,21,22,23). The number of nitrogens with zero attached hydrogens (tertiary/aromatic N) is 3. The van der Waals surface area contributed by atoms with E-state index in [1.54, 1.807) is 25.3 Å². The second-order valence-corrected chi connectivity index (χ2v) is 5.59. The number of halogens is 1. The topological polar surface area (TPSA) is 109 Å². The number of hydrogen-bond donors (Lipinski definition) is 2. The van der Waals surface area contributed by atoms with Gasteiger partial charge in [-0.25, -0.2) is 0 Å². The van der Waals surface area contributed by atoms with Crippen molar-refractivity contribution in [2.45, 2.75) is 6.61 Å². The van der Waals surface area contributed by atoms with Crippen LogP contribution in [0.3, 0.4) is 0 Å². The van der Waals surface area contributed by atoms with Gasteiger partial charge < -0.3 is 20.9 Å². The van der Waals surface area contributed by atoms with Gasteiger partial charge in [-0.3, -0.25) is 0 Å². The molecule has 3 aromatic rings. The molecule has 4 N–H and O–H groups in total. The molecule has 0 saturated heterocycles. The summed E-state index contributed by atoms with van der Waals surface area (Å²) in [7, 11) is 1.57.